The second-order valence-corrected chi connectivity index (χ2v) is 6.05. The number of nitrogens with two attached hydrogens (primary N) is 1. The van der Waals surface area contributed by atoms with Crippen LogP contribution in [0.1, 0.15) is 48.0 Å². The number of rotatable bonds is 4. The van der Waals surface area contributed by atoms with E-state index < -0.39 is 11.4 Å². The van der Waals surface area contributed by atoms with E-state index >= 15 is 0 Å². The minimum Gasteiger partial charge on any atom is -0.465 e. The molecule has 0 aromatic carbocycles. The summed E-state index contributed by atoms with van der Waals surface area (Å²) in [6.07, 6.45) is 1.37. The fraction of sp³-hybridized carbons (Fsp3) is 0.571. The van der Waals surface area contributed by atoms with E-state index in [4.69, 9.17) is 15.2 Å². The maximum Gasteiger partial charge on any atom is 0.341 e. The quantitative estimate of drug-likeness (QED) is 0.862. The van der Waals surface area contributed by atoms with Gasteiger partial charge in [0, 0.05) is 4.88 Å². The number of nitrogen functional groups attached to an aromatic ring is 1. The summed E-state index contributed by atoms with van der Waals surface area (Å²) in [5.41, 5.74) is 6.19. The molecular formula is C14H19NO4S. The smallest absolute Gasteiger partial charge is 0.341 e. The zero-order valence-electron chi connectivity index (χ0n) is 11.9. The van der Waals surface area contributed by atoms with E-state index in [2.05, 4.69) is 0 Å². The Morgan fingerprint density at radius 1 is 1.30 bits per heavy atom. The Morgan fingerprint density at radius 2 is 1.95 bits per heavy atom. The molecule has 0 radical (unpaired) electrons. The molecular weight excluding hydrogens is 278 g/mol. The summed E-state index contributed by atoms with van der Waals surface area (Å²) in [7, 11) is 0. The molecule has 1 aliphatic rings. The van der Waals surface area contributed by atoms with E-state index in [-0.39, 0.29) is 12.6 Å². The standard InChI is InChI=1S/C14H19NO4S/c1-4-18-12(16)9-10-8(20-11(9)15)6-7-14(10,3)13(17)19-5-2/h4-7,15H2,1-3H3/t14-/m0/s1. The summed E-state index contributed by atoms with van der Waals surface area (Å²) < 4.78 is 10.2. The van der Waals surface area contributed by atoms with Crippen LogP contribution in [0.5, 0.6) is 0 Å². The molecule has 0 saturated heterocycles. The first-order valence-electron chi connectivity index (χ1n) is 6.71. The molecule has 0 saturated carbocycles. The Morgan fingerprint density at radius 3 is 2.55 bits per heavy atom. The molecule has 0 fully saturated rings. The molecule has 1 aliphatic carbocycles. The number of aryl methyl sites for hydroxylation is 1. The van der Waals surface area contributed by atoms with Crippen molar-refractivity contribution in [1.29, 1.82) is 0 Å². The van der Waals surface area contributed by atoms with Gasteiger partial charge in [0.15, 0.2) is 0 Å². The third-order valence-corrected chi connectivity index (χ3v) is 4.70. The van der Waals surface area contributed by atoms with Crippen LogP contribution in [-0.4, -0.2) is 25.2 Å². The summed E-state index contributed by atoms with van der Waals surface area (Å²) in [6.45, 7) is 5.92. The van der Waals surface area contributed by atoms with E-state index in [0.29, 0.717) is 29.2 Å². The molecule has 5 nitrogen and oxygen atoms in total. The molecule has 0 unspecified atom stereocenters. The topological polar surface area (TPSA) is 78.6 Å². The molecule has 110 valence electrons. The van der Waals surface area contributed by atoms with Gasteiger partial charge in [-0.3, -0.25) is 4.79 Å². The number of anilines is 1. The number of thiophene rings is 1. The lowest BCUT2D eigenvalue weighted by Crippen LogP contribution is -2.33. The van der Waals surface area contributed by atoms with Crippen LogP contribution in [0.3, 0.4) is 0 Å². The molecule has 1 atom stereocenters. The number of fused-ring (bicyclic) bond motifs is 1. The van der Waals surface area contributed by atoms with Crippen molar-refractivity contribution >= 4 is 28.3 Å². The predicted octanol–water partition coefficient (Wildman–Crippen LogP) is 2.27. The van der Waals surface area contributed by atoms with Crippen molar-refractivity contribution in [2.24, 2.45) is 0 Å². The molecule has 1 heterocycles. The summed E-state index contributed by atoms with van der Waals surface area (Å²) >= 11 is 1.36. The number of hydrogen-bond donors (Lipinski definition) is 1. The highest BCUT2D eigenvalue weighted by Gasteiger charge is 2.47. The minimum atomic E-state index is -0.804. The summed E-state index contributed by atoms with van der Waals surface area (Å²) in [5.74, 6) is -0.762. The van der Waals surface area contributed by atoms with Crippen molar-refractivity contribution in [3.63, 3.8) is 0 Å². The van der Waals surface area contributed by atoms with Crippen LogP contribution in [0.15, 0.2) is 0 Å². The second kappa shape index (κ2) is 5.44. The van der Waals surface area contributed by atoms with Crippen molar-refractivity contribution in [2.75, 3.05) is 18.9 Å². The molecule has 2 N–H and O–H groups in total. The van der Waals surface area contributed by atoms with Crippen molar-refractivity contribution < 1.29 is 19.1 Å². The predicted molar refractivity (Wildman–Crippen MR) is 77.0 cm³/mol. The van der Waals surface area contributed by atoms with Gasteiger partial charge in [-0.25, -0.2) is 4.79 Å². The summed E-state index contributed by atoms with van der Waals surface area (Å²) in [4.78, 5) is 25.4. The number of hydrogen-bond acceptors (Lipinski definition) is 6. The molecule has 2 rings (SSSR count). The highest BCUT2D eigenvalue weighted by molar-refractivity contribution is 7.16. The number of carbonyl (C=O) groups excluding carboxylic acids is 2. The van der Waals surface area contributed by atoms with Crippen molar-refractivity contribution in [1.82, 2.24) is 0 Å². The van der Waals surface area contributed by atoms with Crippen LogP contribution < -0.4 is 5.73 Å². The average Bonchev–Trinajstić information content (AvgIpc) is 2.88. The van der Waals surface area contributed by atoms with E-state index in [9.17, 15) is 9.59 Å². The van der Waals surface area contributed by atoms with Gasteiger partial charge in [-0.1, -0.05) is 0 Å². The van der Waals surface area contributed by atoms with Gasteiger partial charge in [-0.15, -0.1) is 11.3 Å². The third kappa shape index (κ3) is 2.18. The lowest BCUT2D eigenvalue weighted by molar-refractivity contribution is -0.149. The highest BCUT2D eigenvalue weighted by atomic mass is 32.1. The first kappa shape index (κ1) is 14.8. The van der Waals surface area contributed by atoms with Crippen molar-refractivity contribution in [2.45, 2.75) is 39.0 Å². The largest absolute Gasteiger partial charge is 0.465 e. The van der Waals surface area contributed by atoms with E-state index in [1.54, 1.807) is 13.8 Å². The fourth-order valence-corrected chi connectivity index (χ4v) is 3.83. The maximum absolute atomic E-state index is 12.3. The molecule has 6 heteroatoms. The van der Waals surface area contributed by atoms with Gasteiger partial charge < -0.3 is 15.2 Å². The van der Waals surface area contributed by atoms with Gasteiger partial charge in [0.2, 0.25) is 0 Å². The monoisotopic (exact) mass is 297 g/mol. The zero-order chi connectivity index (χ0) is 14.9. The lowest BCUT2D eigenvalue weighted by atomic mass is 9.83. The van der Waals surface area contributed by atoms with Gasteiger partial charge in [0.05, 0.1) is 24.2 Å². The van der Waals surface area contributed by atoms with Crippen molar-refractivity contribution in [3.05, 3.63) is 16.0 Å². The van der Waals surface area contributed by atoms with Crippen LogP contribution in [0.4, 0.5) is 5.00 Å². The molecule has 0 amide bonds. The normalized spacial score (nSPS) is 20.6. The number of carbonyl (C=O) groups is 2. The van der Waals surface area contributed by atoms with Gasteiger partial charge in [-0.05, 0) is 39.2 Å². The Labute approximate surface area is 122 Å². The average molecular weight is 297 g/mol. The Balaban J connectivity index is 2.49. The van der Waals surface area contributed by atoms with Gasteiger partial charge in [-0.2, -0.15) is 0 Å². The number of esters is 2. The molecule has 1 aromatic heterocycles. The van der Waals surface area contributed by atoms with E-state index in [1.165, 1.54) is 11.3 Å². The third-order valence-electron chi connectivity index (χ3n) is 3.62. The Bertz CT molecular complexity index is 552. The van der Waals surface area contributed by atoms with Gasteiger partial charge in [0.25, 0.3) is 0 Å². The summed E-state index contributed by atoms with van der Waals surface area (Å²) in [6, 6.07) is 0. The van der Waals surface area contributed by atoms with Crippen LogP contribution in [0.25, 0.3) is 0 Å². The molecule has 0 aliphatic heterocycles. The SMILES string of the molecule is CCOC(=O)c1c(N)sc2c1[C@@](C)(C(=O)OCC)CC2. The molecule has 0 spiro atoms. The van der Waals surface area contributed by atoms with Crippen molar-refractivity contribution in [3.8, 4) is 0 Å². The van der Waals surface area contributed by atoms with E-state index in [1.807, 2.05) is 6.92 Å². The van der Waals surface area contributed by atoms with Gasteiger partial charge in [0.1, 0.15) is 5.00 Å². The molecule has 1 aromatic rings. The van der Waals surface area contributed by atoms with Crippen LogP contribution in [0.2, 0.25) is 0 Å². The van der Waals surface area contributed by atoms with Crippen LogP contribution in [0, 0.1) is 0 Å². The zero-order valence-corrected chi connectivity index (χ0v) is 12.8. The first-order chi connectivity index (χ1) is 9.45. The molecule has 20 heavy (non-hydrogen) atoms. The van der Waals surface area contributed by atoms with Crippen LogP contribution >= 0.6 is 11.3 Å². The number of ether oxygens (including phenoxy) is 2. The minimum absolute atomic E-state index is 0.277. The van der Waals surface area contributed by atoms with Gasteiger partial charge >= 0.3 is 11.9 Å². The second-order valence-electron chi connectivity index (χ2n) is 4.91. The van der Waals surface area contributed by atoms with E-state index in [0.717, 1.165) is 11.3 Å². The fourth-order valence-electron chi connectivity index (χ4n) is 2.65. The first-order valence-corrected chi connectivity index (χ1v) is 7.53. The highest BCUT2D eigenvalue weighted by Crippen LogP contribution is 2.48. The summed E-state index contributed by atoms with van der Waals surface area (Å²) in [5, 5.41) is 0.420. The Kier molecular flexibility index (Phi) is 4.04. The Hall–Kier alpha value is -1.56. The lowest BCUT2D eigenvalue weighted by Gasteiger charge is -2.23. The molecule has 0 bridgehead atoms. The van der Waals surface area contributed by atoms with Crippen LogP contribution in [-0.2, 0) is 26.1 Å². The maximum atomic E-state index is 12.3.